The summed E-state index contributed by atoms with van der Waals surface area (Å²) in [5.41, 5.74) is 2.77. The zero-order valence-corrected chi connectivity index (χ0v) is 14.1. The highest BCUT2D eigenvalue weighted by molar-refractivity contribution is 5.49. The van der Waals surface area contributed by atoms with Crippen molar-refractivity contribution >= 4 is 5.82 Å². The van der Waals surface area contributed by atoms with Gasteiger partial charge in [-0.3, -0.25) is 4.90 Å². The van der Waals surface area contributed by atoms with E-state index < -0.39 is 0 Å². The first kappa shape index (κ1) is 15.6. The highest BCUT2D eigenvalue weighted by Crippen LogP contribution is 2.37. The minimum Gasteiger partial charge on any atom is -0.378 e. The van der Waals surface area contributed by atoms with Crippen molar-refractivity contribution in [3.63, 3.8) is 0 Å². The van der Waals surface area contributed by atoms with Crippen LogP contribution < -0.4 is 4.90 Å². The Balaban J connectivity index is 1.58. The van der Waals surface area contributed by atoms with Crippen LogP contribution in [0.1, 0.15) is 30.0 Å². The van der Waals surface area contributed by atoms with Gasteiger partial charge in [-0.15, -0.1) is 0 Å². The zero-order chi connectivity index (χ0) is 16.2. The Labute approximate surface area is 144 Å². The lowest BCUT2D eigenvalue weighted by molar-refractivity contribution is 0.122. The monoisotopic (exact) mass is 323 g/mol. The molecular weight excluding hydrogens is 298 g/mol. The van der Waals surface area contributed by atoms with E-state index in [1.807, 2.05) is 6.20 Å². The Morgan fingerprint density at radius 3 is 2.67 bits per heavy atom. The summed E-state index contributed by atoms with van der Waals surface area (Å²) in [5, 5.41) is 0. The third-order valence-electron chi connectivity index (χ3n) is 5.08. The average Bonchev–Trinajstić information content (AvgIpc) is 3.11. The van der Waals surface area contributed by atoms with Crippen LogP contribution in [-0.4, -0.2) is 42.7 Å². The summed E-state index contributed by atoms with van der Waals surface area (Å²) in [6.07, 6.45) is 4.40. The summed E-state index contributed by atoms with van der Waals surface area (Å²) in [6, 6.07) is 15.6. The maximum absolute atomic E-state index is 5.51. The molecular formula is C20H25N3O. The van der Waals surface area contributed by atoms with E-state index in [-0.39, 0.29) is 0 Å². The number of pyridine rings is 1. The molecule has 0 N–H and O–H groups in total. The van der Waals surface area contributed by atoms with Crippen molar-refractivity contribution in [1.82, 2.24) is 9.88 Å². The van der Waals surface area contributed by atoms with Crippen LogP contribution >= 0.6 is 0 Å². The summed E-state index contributed by atoms with van der Waals surface area (Å²) in [5.74, 6) is 1.16. The van der Waals surface area contributed by atoms with Crippen molar-refractivity contribution in [2.45, 2.75) is 25.4 Å². The van der Waals surface area contributed by atoms with E-state index in [0.717, 1.165) is 45.2 Å². The number of anilines is 1. The summed E-state index contributed by atoms with van der Waals surface area (Å²) in [4.78, 5) is 9.73. The summed E-state index contributed by atoms with van der Waals surface area (Å²) in [7, 11) is 0. The van der Waals surface area contributed by atoms with E-state index >= 15 is 0 Å². The van der Waals surface area contributed by atoms with Gasteiger partial charge in [0.1, 0.15) is 5.82 Å². The number of morpholine rings is 1. The first-order valence-electron chi connectivity index (χ1n) is 8.97. The van der Waals surface area contributed by atoms with E-state index in [4.69, 9.17) is 9.72 Å². The molecule has 0 aliphatic carbocycles. The predicted octanol–water partition coefficient (Wildman–Crippen LogP) is 3.26. The Bertz CT molecular complexity index is 655. The number of benzene rings is 1. The molecule has 0 saturated carbocycles. The summed E-state index contributed by atoms with van der Waals surface area (Å²) < 4.78 is 5.51. The molecule has 2 aliphatic heterocycles. The van der Waals surface area contributed by atoms with Gasteiger partial charge in [0.2, 0.25) is 0 Å². The second kappa shape index (κ2) is 7.32. The van der Waals surface area contributed by atoms with Crippen LogP contribution in [0.5, 0.6) is 0 Å². The van der Waals surface area contributed by atoms with Gasteiger partial charge in [-0.2, -0.15) is 0 Å². The molecule has 0 unspecified atom stereocenters. The molecule has 4 rings (SSSR count). The van der Waals surface area contributed by atoms with Gasteiger partial charge in [-0.1, -0.05) is 36.4 Å². The first-order valence-corrected chi connectivity index (χ1v) is 8.97. The highest BCUT2D eigenvalue weighted by Gasteiger charge is 2.29. The van der Waals surface area contributed by atoms with E-state index in [1.165, 1.54) is 24.0 Å². The number of aromatic nitrogens is 1. The van der Waals surface area contributed by atoms with E-state index in [9.17, 15) is 0 Å². The Morgan fingerprint density at radius 1 is 1.00 bits per heavy atom. The van der Waals surface area contributed by atoms with Crippen LogP contribution in [-0.2, 0) is 11.3 Å². The number of hydrogen-bond acceptors (Lipinski definition) is 4. The molecule has 126 valence electrons. The van der Waals surface area contributed by atoms with Crippen molar-refractivity contribution < 1.29 is 4.74 Å². The third kappa shape index (κ3) is 3.30. The minimum atomic E-state index is 0.469. The fourth-order valence-corrected chi connectivity index (χ4v) is 3.89. The SMILES string of the molecule is c1ccc(CN2CCC[C@H]2c2cccnc2N2CCOCC2)cc1. The molecule has 3 heterocycles. The summed E-state index contributed by atoms with van der Waals surface area (Å²) in [6.45, 7) is 5.66. The van der Waals surface area contributed by atoms with Gasteiger partial charge in [-0.25, -0.2) is 4.98 Å². The number of ether oxygens (including phenoxy) is 1. The molecule has 4 nitrogen and oxygen atoms in total. The van der Waals surface area contributed by atoms with Crippen LogP contribution in [0.15, 0.2) is 48.7 Å². The Kier molecular flexibility index (Phi) is 4.76. The molecule has 24 heavy (non-hydrogen) atoms. The Hall–Kier alpha value is -1.91. The molecule has 2 aromatic rings. The van der Waals surface area contributed by atoms with Crippen LogP contribution in [0.2, 0.25) is 0 Å². The van der Waals surface area contributed by atoms with Crippen LogP contribution in [0.25, 0.3) is 0 Å². The fraction of sp³-hybridized carbons (Fsp3) is 0.450. The molecule has 2 saturated heterocycles. The maximum Gasteiger partial charge on any atom is 0.133 e. The quantitative estimate of drug-likeness (QED) is 0.863. The molecule has 0 spiro atoms. The molecule has 0 radical (unpaired) electrons. The van der Waals surface area contributed by atoms with Crippen molar-refractivity contribution in [2.75, 3.05) is 37.7 Å². The topological polar surface area (TPSA) is 28.6 Å². The van der Waals surface area contributed by atoms with Crippen molar-refractivity contribution in [2.24, 2.45) is 0 Å². The largest absolute Gasteiger partial charge is 0.378 e. The third-order valence-corrected chi connectivity index (χ3v) is 5.08. The molecule has 1 aromatic heterocycles. The lowest BCUT2D eigenvalue weighted by Crippen LogP contribution is -2.38. The number of likely N-dealkylation sites (tertiary alicyclic amines) is 1. The van der Waals surface area contributed by atoms with Gasteiger partial charge in [0.05, 0.1) is 13.2 Å². The highest BCUT2D eigenvalue weighted by atomic mass is 16.5. The second-order valence-electron chi connectivity index (χ2n) is 6.63. The van der Waals surface area contributed by atoms with E-state index in [0.29, 0.717) is 6.04 Å². The number of rotatable bonds is 4. The van der Waals surface area contributed by atoms with Crippen LogP contribution in [0.4, 0.5) is 5.82 Å². The number of nitrogens with zero attached hydrogens (tertiary/aromatic N) is 3. The average molecular weight is 323 g/mol. The smallest absolute Gasteiger partial charge is 0.133 e. The normalized spacial score (nSPS) is 22.0. The van der Waals surface area contributed by atoms with Gasteiger partial charge in [0.15, 0.2) is 0 Å². The van der Waals surface area contributed by atoms with Crippen molar-refractivity contribution in [3.8, 4) is 0 Å². The molecule has 1 atom stereocenters. The van der Waals surface area contributed by atoms with Crippen molar-refractivity contribution in [3.05, 3.63) is 59.8 Å². The number of hydrogen-bond donors (Lipinski definition) is 0. The lowest BCUT2D eigenvalue weighted by Gasteiger charge is -2.32. The summed E-state index contributed by atoms with van der Waals surface area (Å²) >= 11 is 0. The van der Waals surface area contributed by atoms with Crippen LogP contribution in [0.3, 0.4) is 0 Å². The van der Waals surface area contributed by atoms with Gasteiger partial charge in [0.25, 0.3) is 0 Å². The lowest BCUT2D eigenvalue weighted by atomic mass is 10.0. The first-order chi connectivity index (χ1) is 11.9. The zero-order valence-electron chi connectivity index (χ0n) is 14.1. The molecule has 0 bridgehead atoms. The molecule has 2 aliphatic rings. The van der Waals surface area contributed by atoms with Gasteiger partial charge in [0, 0.05) is 37.4 Å². The predicted molar refractivity (Wildman–Crippen MR) is 96.1 cm³/mol. The molecule has 2 fully saturated rings. The van der Waals surface area contributed by atoms with Crippen molar-refractivity contribution in [1.29, 1.82) is 0 Å². The Morgan fingerprint density at radius 2 is 1.83 bits per heavy atom. The van der Waals surface area contributed by atoms with E-state index in [1.54, 1.807) is 0 Å². The molecule has 1 aromatic carbocycles. The van der Waals surface area contributed by atoms with Gasteiger partial charge < -0.3 is 9.64 Å². The fourth-order valence-electron chi connectivity index (χ4n) is 3.89. The van der Waals surface area contributed by atoms with Gasteiger partial charge in [-0.05, 0) is 31.0 Å². The van der Waals surface area contributed by atoms with E-state index in [2.05, 4.69) is 52.3 Å². The van der Waals surface area contributed by atoms with Gasteiger partial charge >= 0.3 is 0 Å². The maximum atomic E-state index is 5.51. The standard InChI is InChI=1S/C20H25N3O/c1-2-6-17(7-3-1)16-23-11-5-9-19(23)18-8-4-10-21-20(18)22-12-14-24-15-13-22/h1-4,6-8,10,19H,5,9,11-16H2/t19-/m0/s1. The second-order valence-corrected chi connectivity index (χ2v) is 6.63. The van der Waals surface area contributed by atoms with Crippen LogP contribution in [0, 0.1) is 0 Å². The minimum absolute atomic E-state index is 0.469. The molecule has 0 amide bonds. The molecule has 4 heteroatoms.